The third-order valence-corrected chi connectivity index (χ3v) is 5.55. The normalized spacial score (nSPS) is 10.7. The predicted molar refractivity (Wildman–Crippen MR) is 134 cm³/mol. The summed E-state index contributed by atoms with van der Waals surface area (Å²) in [6.07, 6.45) is 0. The molecule has 0 aliphatic heterocycles. The van der Waals surface area contributed by atoms with Crippen molar-refractivity contribution in [2.24, 2.45) is 0 Å². The highest BCUT2D eigenvalue weighted by atomic mass is 16.4. The van der Waals surface area contributed by atoms with Gasteiger partial charge in [-0.2, -0.15) is 0 Å². The Bertz CT molecular complexity index is 1360. The highest BCUT2D eigenvalue weighted by Gasteiger charge is 2.13. The summed E-state index contributed by atoms with van der Waals surface area (Å²) in [5.74, 6) is 0.636. The molecule has 0 saturated heterocycles. The zero-order valence-electron chi connectivity index (χ0n) is 17.8. The summed E-state index contributed by atoms with van der Waals surface area (Å²) in [5, 5.41) is 18.8. The first-order valence-corrected chi connectivity index (χ1v) is 10.7. The van der Waals surface area contributed by atoms with Crippen molar-refractivity contribution in [3.63, 3.8) is 0 Å². The molecule has 0 radical (unpaired) electrons. The van der Waals surface area contributed by atoms with E-state index in [2.05, 4.69) is 24.3 Å². The molecule has 5 heteroatoms. The van der Waals surface area contributed by atoms with E-state index in [-0.39, 0.29) is 0 Å². The zero-order valence-corrected chi connectivity index (χ0v) is 17.8. The first-order chi connectivity index (χ1) is 16.2. The fourth-order valence-electron chi connectivity index (χ4n) is 3.75. The molecule has 5 rings (SSSR count). The number of hydrogen-bond acceptors (Lipinski definition) is 4. The number of benzene rings is 4. The van der Waals surface area contributed by atoms with Gasteiger partial charge in [-0.25, -0.2) is 9.97 Å². The molecule has 5 aromatic rings. The van der Waals surface area contributed by atoms with E-state index in [4.69, 9.17) is 9.97 Å². The maximum atomic E-state index is 9.41. The van der Waals surface area contributed by atoms with Crippen LogP contribution in [0.5, 0.6) is 0 Å². The summed E-state index contributed by atoms with van der Waals surface area (Å²) in [7, 11) is -1.50. The number of rotatable bonds is 5. The Kier molecular flexibility index (Phi) is 5.81. The molecule has 0 unspecified atom stereocenters. The second-order valence-corrected chi connectivity index (χ2v) is 7.77. The molecule has 0 aliphatic carbocycles. The lowest BCUT2D eigenvalue weighted by atomic mass is 9.80. The minimum Gasteiger partial charge on any atom is -0.423 e. The summed E-state index contributed by atoms with van der Waals surface area (Å²) < 4.78 is 0. The molecule has 0 fully saturated rings. The highest BCUT2D eigenvalue weighted by molar-refractivity contribution is 6.58. The van der Waals surface area contributed by atoms with E-state index in [0.29, 0.717) is 11.3 Å². The summed E-state index contributed by atoms with van der Waals surface area (Å²) in [4.78, 5) is 9.70. The highest BCUT2D eigenvalue weighted by Crippen LogP contribution is 2.28. The lowest BCUT2D eigenvalue weighted by Crippen LogP contribution is -2.29. The van der Waals surface area contributed by atoms with Crippen LogP contribution in [0.3, 0.4) is 0 Å². The Morgan fingerprint density at radius 3 is 1.42 bits per heavy atom. The van der Waals surface area contributed by atoms with Crippen molar-refractivity contribution in [2.75, 3.05) is 0 Å². The topological polar surface area (TPSA) is 66.2 Å². The summed E-state index contributed by atoms with van der Waals surface area (Å²) >= 11 is 0. The molecule has 0 aliphatic rings. The van der Waals surface area contributed by atoms with Gasteiger partial charge in [-0.1, -0.05) is 109 Å². The molecule has 2 N–H and O–H groups in total. The Morgan fingerprint density at radius 1 is 0.455 bits per heavy atom. The average Bonchev–Trinajstić information content (AvgIpc) is 2.89. The monoisotopic (exact) mass is 428 g/mol. The molecular formula is C28H21BN2O2. The number of aromatic nitrogens is 2. The van der Waals surface area contributed by atoms with Crippen LogP contribution in [0.25, 0.3) is 45.0 Å². The van der Waals surface area contributed by atoms with Gasteiger partial charge in [0.05, 0.1) is 11.4 Å². The van der Waals surface area contributed by atoms with Crippen LogP contribution in [0.1, 0.15) is 0 Å². The quantitative estimate of drug-likeness (QED) is 0.394. The van der Waals surface area contributed by atoms with E-state index >= 15 is 0 Å². The standard InChI is InChI=1S/C28H21BN2O2/c32-29(33)25-17-15-23(16-18-25)27-19-26(22-9-5-2-6-10-22)30-28(31-27)24-13-11-21(12-14-24)20-7-3-1-4-8-20/h1-19,32-33H. The van der Waals surface area contributed by atoms with Crippen molar-refractivity contribution in [1.29, 1.82) is 0 Å². The van der Waals surface area contributed by atoms with Crippen molar-refractivity contribution in [2.45, 2.75) is 0 Å². The van der Waals surface area contributed by atoms with E-state index < -0.39 is 7.12 Å². The van der Waals surface area contributed by atoms with Gasteiger partial charge < -0.3 is 10.0 Å². The third-order valence-electron chi connectivity index (χ3n) is 5.55. The lowest BCUT2D eigenvalue weighted by Gasteiger charge is -2.10. The van der Waals surface area contributed by atoms with Crippen LogP contribution in [0.15, 0.2) is 115 Å². The smallest absolute Gasteiger partial charge is 0.423 e. The van der Waals surface area contributed by atoms with E-state index in [1.54, 1.807) is 12.1 Å². The largest absolute Gasteiger partial charge is 0.488 e. The minimum absolute atomic E-state index is 0.438. The molecule has 4 aromatic carbocycles. The molecule has 4 nitrogen and oxygen atoms in total. The van der Waals surface area contributed by atoms with Crippen LogP contribution >= 0.6 is 0 Å². The maximum absolute atomic E-state index is 9.41. The molecule has 1 aromatic heterocycles. The third kappa shape index (κ3) is 4.60. The summed E-state index contributed by atoms with van der Waals surface area (Å²) in [5.41, 5.74) is 7.14. The van der Waals surface area contributed by atoms with Crippen LogP contribution in [-0.2, 0) is 0 Å². The van der Waals surface area contributed by atoms with Crippen molar-refractivity contribution < 1.29 is 10.0 Å². The van der Waals surface area contributed by atoms with Crippen molar-refractivity contribution in [3.05, 3.63) is 115 Å². The molecule has 158 valence electrons. The van der Waals surface area contributed by atoms with E-state index in [9.17, 15) is 10.0 Å². The van der Waals surface area contributed by atoms with Gasteiger partial charge in [0.15, 0.2) is 5.82 Å². The Balaban J connectivity index is 1.58. The minimum atomic E-state index is -1.50. The van der Waals surface area contributed by atoms with Gasteiger partial charge >= 0.3 is 7.12 Å². The Labute approximate surface area is 193 Å². The first kappa shape index (κ1) is 20.8. The number of nitrogens with zero attached hydrogens (tertiary/aromatic N) is 2. The van der Waals surface area contributed by atoms with Gasteiger partial charge in [0.1, 0.15) is 0 Å². The molecular weight excluding hydrogens is 407 g/mol. The van der Waals surface area contributed by atoms with Crippen LogP contribution < -0.4 is 5.46 Å². The van der Waals surface area contributed by atoms with Crippen LogP contribution in [-0.4, -0.2) is 27.1 Å². The second kappa shape index (κ2) is 9.21. The predicted octanol–water partition coefficient (Wildman–Crippen LogP) is 4.82. The molecule has 0 atom stereocenters. The fraction of sp³-hybridized carbons (Fsp3) is 0. The zero-order chi connectivity index (χ0) is 22.6. The lowest BCUT2D eigenvalue weighted by molar-refractivity contribution is 0.426. The summed E-state index contributed by atoms with van der Waals surface area (Å²) in [6.45, 7) is 0. The molecule has 0 spiro atoms. The van der Waals surface area contributed by atoms with Gasteiger partial charge in [-0.15, -0.1) is 0 Å². The van der Waals surface area contributed by atoms with Gasteiger partial charge in [0, 0.05) is 16.7 Å². The van der Waals surface area contributed by atoms with Crippen molar-refractivity contribution in [3.8, 4) is 45.0 Å². The second-order valence-electron chi connectivity index (χ2n) is 7.77. The van der Waals surface area contributed by atoms with E-state index in [1.807, 2.05) is 78.9 Å². The van der Waals surface area contributed by atoms with Crippen LogP contribution in [0.2, 0.25) is 0 Å². The molecule has 0 bridgehead atoms. The average molecular weight is 428 g/mol. The number of hydrogen-bond donors (Lipinski definition) is 2. The van der Waals surface area contributed by atoms with Gasteiger partial charge in [0.2, 0.25) is 0 Å². The molecule has 0 saturated carbocycles. The SMILES string of the molecule is OB(O)c1ccc(-c2cc(-c3ccccc3)nc(-c3ccc(-c4ccccc4)cc3)n2)cc1. The maximum Gasteiger partial charge on any atom is 0.488 e. The van der Waals surface area contributed by atoms with Crippen molar-refractivity contribution >= 4 is 12.6 Å². The molecule has 0 amide bonds. The Hall–Kier alpha value is -4.06. The molecule has 33 heavy (non-hydrogen) atoms. The first-order valence-electron chi connectivity index (χ1n) is 10.7. The fourth-order valence-corrected chi connectivity index (χ4v) is 3.75. The van der Waals surface area contributed by atoms with Gasteiger partial charge in [-0.05, 0) is 22.7 Å². The van der Waals surface area contributed by atoms with Crippen molar-refractivity contribution in [1.82, 2.24) is 9.97 Å². The Morgan fingerprint density at radius 2 is 0.879 bits per heavy atom. The van der Waals surface area contributed by atoms with Gasteiger partial charge in [-0.3, -0.25) is 0 Å². The molecule has 1 heterocycles. The van der Waals surface area contributed by atoms with Crippen LogP contribution in [0, 0.1) is 0 Å². The van der Waals surface area contributed by atoms with E-state index in [0.717, 1.165) is 39.2 Å². The van der Waals surface area contributed by atoms with E-state index in [1.165, 1.54) is 0 Å². The van der Waals surface area contributed by atoms with Crippen LogP contribution in [0.4, 0.5) is 0 Å². The van der Waals surface area contributed by atoms with Gasteiger partial charge in [0.25, 0.3) is 0 Å². The summed E-state index contributed by atoms with van der Waals surface area (Å²) in [6, 6.07) is 37.5.